The van der Waals surface area contributed by atoms with Crippen molar-refractivity contribution in [3.63, 3.8) is 0 Å². The number of imide groups is 1. The Morgan fingerprint density at radius 1 is 0.703 bits per heavy atom. The highest BCUT2D eigenvalue weighted by atomic mass is 16.6. The van der Waals surface area contributed by atoms with Crippen LogP contribution in [-0.2, 0) is 56.2 Å². The van der Waals surface area contributed by atoms with Crippen molar-refractivity contribution < 1.29 is 57.8 Å². The van der Waals surface area contributed by atoms with Crippen LogP contribution in [0.25, 0.3) is 32.3 Å². The van der Waals surface area contributed by atoms with Crippen molar-refractivity contribution in [2.45, 2.75) is 77.6 Å². The summed E-state index contributed by atoms with van der Waals surface area (Å²) in [4.78, 5) is 129. The highest BCUT2D eigenvalue weighted by Crippen LogP contribution is 2.35. The zero-order chi connectivity index (χ0) is 53.5. The van der Waals surface area contributed by atoms with E-state index < -0.39 is 84.6 Å². The number of rotatable bonds is 26. The maximum absolute atomic E-state index is 13.7. The zero-order valence-electron chi connectivity index (χ0n) is 41.4. The van der Waals surface area contributed by atoms with Crippen LogP contribution in [0.2, 0.25) is 0 Å². The third-order valence-electron chi connectivity index (χ3n) is 12.3. The Bertz CT molecular complexity index is 2860. The van der Waals surface area contributed by atoms with E-state index >= 15 is 0 Å². The molecule has 0 spiro atoms. The summed E-state index contributed by atoms with van der Waals surface area (Å²) in [5.41, 5.74) is 7.00. The fourth-order valence-electron chi connectivity index (χ4n) is 8.53. The number of hydrogen-bond acceptors (Lipinski definition) is 11. The number of carbonyl (C=O) groups excluding carboxylic acids is 9. The second-order valence-electron chi connectivity index (χ2n) is 18.4. The van der Waals surface area contributed by atoms with Crippen molar-refractivity contribution in [2.75, 3.05) is 45.1 Å². The van der Waals surface area contributed by atoms with E-state index in [1.165, 1.54) is 30.0 Å². The smallest absolute Gasteiger partial charge is 0.410 e. The van der Waals surface area contributed by atoms with E-state index in [4.69, 9.17) is 10.5 Å². The van der Waals surface area contributed by atoms with Gasteiger partial charge in [-0.3, -0.25) is 43.3 Å². The number of carboxylic acids is 1. The summed E-state index contributed by atoms with van der Waals surface area (Å²) in [5.74, 6) is -5.97. The van der Waals surface area contributed by atoms with E-state index in [1.807, 2.05) is 6.07 Å². The van der Waals surface area contributed by atoms with Gasteiger partial charge in [0.25, 0.3) is 11.8 Å². The van der Waals surface area contributed by atoms with E-state index in [0.717, 1.165) is 41.8 Å². The molecule has 0 bridgehead atoms. The van der Waals surface area contributed by atoms with Gasteiger partial charge < -0.3 is 52.0 Å². The highest BCUT2D eigenvalue weighted by molar-refractivity contribution is 6.23. The number of anilines is 1. The molecule has 8 N–H and O–H groups in total. The van der Waals surface area contributed by atoms with Crippen LogP contribution in [0.5, 0.6) is 0 Å². The largest absolute Gasteiger partial charge is 0.480 e. The standard InChI is InChI=1S/C53H61N9O12/c1-32(2)49(59-42(64)29-61(30-46(68)69)43(65)12-5-4-6-24-62-44(66)21-22-45(62)67)51(71)58-40(11-8-23-55-52(54)72)50(70)57-39-19-13-33(14-20-39)31-74-53(73)60(3)28-41(63)56-27-34-25-37-17-15-35-9-7-10-36-16-18-38(26-34)48(37)47(35)36/h7,9-10,13-22,25-26,32,40,49H,4-6,8,11-12,23-24,27-31H2,1-3H3,(H,56,63)(H,57,70)(H,58,71)(H,59,64)(H,68,69)(H3,54,55,72)/t40-,49-/m0/s1. The molecule has 10 amide bonds. The number of unbranched alkanes of at least 4 members (excludes halogenated alkanes) is 2. The lowest BCUT2D eigenvalue weighted by Gasteiger charge is -2.27. The van der Waals surface area contributed by atoms with E-state index in [1.54, 1.807) is 38.1 Å². The number of carbonyl (C=O) groups is 10. The number of nitrogens with one attached hydrogen (secondary N) is 5. The zero-order valence-corrected chi connectivity index (χ0v) is 41.4. The van der Waals surface area contributed by atoms with Gasteiger partial charge in [-0.2, -0.15) is 0 Å². The second kappa shape index (κ2) is 25.7. The number of hydrogen-bond donors (Lipinski definition) is 7. The number of benzene rings is 5. The summed E-state index contributed by atoms with van der Waals surface area (Å²) in [5, 5.41) is 29.6. The predicted molar refractivity (Wildman–Crippen MR) is 274 cm³/mol. The number of nitrogens with zero attached hydrogens (tertiary/aromatic N) is 3. The van der Waals surface area contributed by atoms with Crippen LogP contribution in [-0.4, -0.2) is 131 Å². The molecule has 5 aromatic carbocycles. The first-order chi connectivity index (χ1) is 35.4. The number of likely N-dealkylation sites (N-methyl/N-ethyl adjacent to an activating group) is 1. The monoisotopic (exact) mass is 1020 g/mol. The van der Waals surface area contributed by atoms with E-state index in [2.05, 4.69) is 75.1 Å². The van der Waals surface area contributed by atoms with Crippen molar-refractivity contribution in [1.29, 1.82) is 0 Å². The van der Waals surface area contributed by atoms with Crippen LogP contribution in [0.4, 0.5) is 15.3 Å². The van der Waals surface area contributed by atoms with Gasteiger partial charge >= 0.3 is 18.1 Å². The molecule has 0 saturated carbocycles. The number of nitrogens with two attached hydrogens (primary N) is 1. The molecule has 1 heterocycles. The molecule has 0 aromatic heterocycles. The maximum atomic E-state index is 13.7. The van der Waals surface area contributed by atoms with Gasteiger partial charge in [-0.25, -0.2) is 9.59 Å². The Balaban J connectivity index is 0.967. The molecule has 0 saturated heterocycles. The quantitative estimate of drug-likeness (QED) is 0.0236. The van der Waals surface area contributed by atoms with Crippen LogP contribution in [0.15, 0.2) is 91.0 Å². The second-order valence-corrected chi connectivity index (χ2v) is 18.4. The van der Waals surface area contributed by atoms with Gasteiger partial charge in [0.2, 0.25) is 29.5 Å². The summed E-state index contributed by atoms with van der Waals surface area (Å²) < 4.78 is 5.44. The Morgan fingerprint density at radius 2 is 1.34 bits per heavy atom. The first kappa shape index (κ1) is 54.7. The van der Waals surface area contributed by atoms with Crippen LogP contribution in [0, 0.1) is 5.92 Å². The molecule has 21 heteroatoms. The van der Waals surface area contributed by atoms with Gasteiger partial charge in [-0.1, -0.05) is 74.9 Å². The molecule has 6 rings (SSSR count). The number of amides is 10. The summed E-state index contributed by atoms with van der Waals surface area (Å²) in [6.45, 7) is 1.92. The van der Waals surface area contributed by atoms with Crippen molar-refractivity contribution >= 4 is 97.4 Å². The molecule has 0 fully saturated rings. The molecule has 390 valence electrons. The average molecular weight is 1020 g/mol. The molecule has 2 atom stereocenters. The minimum Gasteiger partial charge on any atom is -0.480 e. The van der Waals surface area contributed by atoms with Crippen LogP contribution in [0.3, 0.4) is 0 Å². The van der Waals surface area contributed by atoms with Gasteiger partial charge in [-0.15, -0.1) is 0 Å². The summed E-state index contributed by atoms with van der Waals surface area (Å²) >= 11 is 0. The van der Waals surface area contributed by atoms with Crippen molar-refractivity contribution in [2.24, 2.45) is 11.7 Å². The Labute approximate surface area is 426 Å². The van der Waals surface area contributed by atoms with Crippen molar-refractivity contribution in [1.82, 2.24) is 36.0 Å². The highest BCUT2D eigenvalue weighted by Gasteiger charge is 2.31. The van der Waals surface area contributed by atoms with Crippen LogP contribution in [0.1, 0.15) is 63.5 Å². The lowest BCUT2D eigenvalue weighted by molar-refractivity contribution is -0.146. The van der Waals surface area contributed by atoms with E-state index in [9.17, 15) is 53.1 Å². The summed E-state index contributed by atoms with van der Waals surface area (Å²) in [6.07, 6.45) is 2.88. The van der Waals surface area contributed by atoms with Crippen molar-refractivity contribution in [3.05, 3.63) is 102 Å². The van der Waals surface area contributed by atoms with E-state index in [-0.39, 0.29) is 58.0 Å². The Kier molecular flexibility index (Phi) is 19.0. The number of primary amides is 1. The molecule has 5 aromatic rings. The summed E-state index contributed by atoms with van der Waals surface area (Å²) in [7, 11) is 1.45. The number of carboxylic acid groups (broad SMARTS) is 1. The fraction of sp³-hybridized carbons (Fsp3) is 0.358. The molecule has 0 radical (unpaired) electrons. The lowest BCUT2D eigenvalue weighted by Crippen LogP contribution is -2.56. The normalized spacial score (nSPS) is 12.9. The summed E-state index contributed by atoms with van der Waals surface area (Å²) in [6, 6.07) is 21.8. The topological polar surface area (TPSA) is 296 Å². The number of aliphatic carboxylic acids is 1. The molecular weight excluding hydrogens is 955 g/mol. The Hall–Kier alpha value is -8.62. The Morgan fingerprint density at radius 3 is 1.96 bits per heavy atom. The molecule has 1 aliphatic rings. The van der Waals surface area contributed by atoms with Crippen molar-refractivity contribution in [3.8, 4) is 0 Å². The van der Waals surface area contributed by atoms with Gasteiger partial charge in [0.05, 0.1) is 0 Å². The number of urea groups is 1. The fourth-order valence-corrected chi connectivity index (χ4v) is 8.53. The lowest BCUT2D eigenvalue weighted by atomic mass is 9.93. The van der Waals surface area contributed by atoms with Crippen LogP contribution >= 0.6 is 0 Å². The molecule has 1 aliphatic heterocycles. The predicted octanol–water partition coefficient (Wildman–Crippen LogP) is 3.88. The molecule has 0 unspecified atom stereocenters. The average Bonchev–Trinajstić information content (AvgIpc) is 3.68. The van der Waals surface area contributed by atoms with Crippen LogP contribution < -0.4 is 32.3 Å². The molecule has 0 aliphatic carbocycles. The third kappa shape index (κ3) is 15.2. The van der Waals surface area contributed by atoms with Gasteiger partial charge in [0.1, 0.15) is 38.3 Å². The first-order valence-electron chi connectivity index (χ1n) is 24.2. The minimum absolute atomic E-state index is 0.0267. The van der Waals surface area contributed by atoms with E-state index in [0.29, 0.717) is 30.5 Å². The first-order valence-corrected chi connectivity index (χ1v) is 24.2. The third-order valence-corrected chi connectivity index (χ3v) is 12.3. The van der Waals surface area contributed by atoms with Gasteiger partial charge in [0.15, 0.2) is 0 Å². The molecule has 21 nitrogen and oxygen atoms in total. The SMILES string of the molecule is CC(C)[C@H](NC(=O)CN(CC(=O)O)C(=O)CCCCCN1C(=O)C=CC1=O)C(=O)N[C@@H](CCCNC(N)=O)C(=O)Nc1ccc(COC(=O)N(C)CC(=O)NCc2cc3ccc4cccc5ccc(c2)c3c45)cc1. The maximum Gasteiger partial charge on any atom is 0.410 e. The molecule has 74 heavy (non-hydrogen) atoms. The molecular formula is C53H61N9O12. The van der Waals surface area contributed by atoms with Gasteiger partial charge in [0, 0.05) is 50.9 Å². The van der Waals surface area contributed by atoms with Gasteiger partial charge in [-0.05, 0) is 99.3 Å². The minimum atomic E-state index is -1.37. The number of ether oxygens (including phenoxy) is 1.